The van der Waals surface area contributed by atoms with Gasteiger partial charge in [-0.25, -0.2) is 0 Å². The van der Waals surface area contributed by atoms with E-state index in [1.165, 1.54) is 31.0 Å². The zero-order valence-electron chi connectivity index (χ0n) is 20.9. The number of thioether (sulfide) groups is 1. The summed E-state index contributed by atoms with van der Waals surface area (Å²) in [7, 11) is 1.33. The van der Waals surface area contributed by atoms with E-state index in [4.69, 9.17) is 9.47 Å². The van der Waals surface area contributed by atoms with Crippen molar-refractivity contribution >= 4 is 28.9 Å². The number of amidine groups is 1. The van der Waals surface area contributed by atoms with E-state index in [2.05, 4.69) is 10.3 Å². The summed E-state index contributed by atoms with van der Waals surface area (Å²) in [5.41, 5.74) is -1.63. The van der Waals surface area contributed by atoms with Crippen molar-refractivity contribution in [2.75, 3.05) is 13.7 Å². The van der Waals surface area contributed by atoms with Crippen LogP contribution in [0.4, 0.5) is 26.3 Å². The van der Waals surface area contributed by atoms with Crippen molar-refractivity contribution in [3.05, 3.63) is 99.5 Å². The Hall–Kier alpha value is -3.93. The summed E-state index contributed by atoms with van der Waals surface area (Å²) in [5.74, 6) is -0.0934. The highest BCUT2D eigenvalue weighted by molar-refractivity contribution is 8.18. The van der Waals surface area contributed by atoms with Gasteiger partial charge in [0.15, 0.2) is 16.7 Å². The molecule has 0 saturated carbocycles. The normalized spacial score (nSPS) is 15.9. The fourth-order valence-corrected chi connectivity index (χ4v) is 4.62. The summed E-state index contributed by atoms with van der Waals surface area (Å²) in [6, 6.07) is 15.7. The first kappa shape index (κ1) is 29.1. The molecule has 0 atom stereocenters. The van der Waals surface area contributed by atoms with Crippen molar-refractivity contribution < 1.29 is 40.6 Å². The van der Waals surface area contributed by atoms with Crippen molar-refractivity contribution in [3.8, 4) is 11.5 Å². The quantitative estimate of drug-likeness (QED) is 0.228. The number of aliphatic imine (C=N–C) groups is 1. The number of nitrogens with zero attached hydrogens (tertiary/aromatic N) is 1. The first-order valence-corrected chi connectivity index (χ1v) is 12.6. The Kier molecular flexibility index (Phi) is 8.77. The third-order valence-corrected chi connectivity index (χ3v) is 6.71. The Labute approximate surface area is 229 Å². The Morgan fingerprint density at radius 1 is 0.925 bits per heavy atom. The summed E-state index contributed by atoms with van der Waals surface area (Å²) in [6.45, 7) is -0.153. The van der Waals surface area contributed by atoms with Crippen LogP contribution in [0.3, 0.4) is 0 Å². The standard InChI is InChI=1S/C28H22F6N2O3S/c1-38-23-13-18(14-24-25(37)36-26(40-24)35-12-11-17-5-3-2-4-6-17)7-10-22(23)39-16-19-8-9-20(27(29,30)31)15-21(19)28(32,33)34/h2-10,13-15H,11-12,16H2,1H3,(H,35,36,37)/b24-14-. The number of methoxy groups -OCH3 is 1. The molecule has 1 amide bonds. The van der Waals surface area contributed by atoms with Crippen LogP contribution in [0.2, 0.25) is 0 Å². The van der Waals surface area contributed by atoms with E-state index in [-0.39, 0.29) is 23.5 Å². The number of hydrogen-bond acceptors (Lipinski definition) is 5. The number of halogens is 6. The van der Waals surface area contributed by atoms with Crippen molar-refractivity contribution in [1.29, 1.82) is 0 Å². The van der Waals surface area contributed by atoms with Crippen LogP contribution in [0.1, 0.15) is 27.8 Å². The summed E-state index contributed by atoms with van der Waals surface area (Å²) in [4.78, 5) is 17.2. The lowest BCUT2D eigenvalue weighted by atomic mass is 10.0. The number of rotatable bonds is 8. The molecular weight excluding hydrogens is 558 g/mol. The van der Waals surface area contributed by atoms with Crippen LogP contribution >= 0.6 is 11.8 Å². The third-order valence-electron chi connectivity index (χ3n) is 5.76. The SMILES string of the molecule is COc1cc(/C=C2\SC(=NCCc3ccccc3)NC2=O)ccc1OCc1ccc(C(F)(F)F)cc1C(F)(F)F. The zero-order valence-corrected chi connectivity index (χ0v) is 21.7. The molecule has 40 heavy (non-hydrogen) atoms. The molecule has 3 aromatic carbocycles. The molecule has 0 aliphatic carbocycles. The van der Waals surface area contributed by atoms with Crippen molar-refractivity contribution in [3.63, 3.8) is 0 Å². The number of amides is 1. The van der Waals surface area contributed by atoms with Gasteiger partial charge >= 0.3 is 12.4 Å². The fourth-order valence-electron chi connectivity index (χ4n) is 3.78. The van der Waals surface area contributed by atoms with Gasteiger partial charge in [-0.1, -0.05) is 42.5 Å². The maximum atomic E-state index is 13.4. The molecule has 1 heterocycles. The van der Waals surface area contributed by atoms with Gasteiger partial charge in [0.2, 0.25) is 0 Å². The van der Waals surface area contributed by atoms with E-state index in [0.717, 1.165) is 18.1 Å². The molecule has 1 saturated heterocycles. The maximum absolute atomic E-state index is 13.4. The molecule has 0 unspecified atom stereocenters. The van der Waals surface area contributed by atoms with Gasteiger partial charge in [0.1, 0.15) is 6.61 Å². The van der Waals surface area contributed by atoms with E-state index in [0.29, 0.717) is 28.2 Å². The van der Waals surface area contributed by atoms with Gasteiger partial charge in [0.25, 0.3) is 5.91 Å². The minimum absolute atomic E-state index is 0.0642. The summed E-state index contributed by atoms with van der Waals surface area (Å²) < 4.78 is 89.9. The lowest BCUT2D eigenvalue weighted by Gasteiger charge is -2.17. The highest BCUT2D eigenvalue weighted by atomic mass is 32.2. The Bertz CT molecular complexity index is 1440. The minimum Gasteiger partial charge on any atom is -0.493 e. The lowest BCUT2D eigenvalue weighted by Crippen LogP contribution is -2.20. The topological polar surface area (TPSA) is 59.9 Å². The van der Waals surface area contributed by atoms with Crippen molar-refractivity contribution in [1.82, 2.24) is 5.32 Å². The third kappa shape index (κ3) is 7.38. The number of benzene rings is 3. The highest BCUT2D eigenvalue weighted by Gasteiger charge is 2.38. The molecule has 1 N–H and O–H groups in total. The first-order chi connectivity index (χ1) is 18.9. The Balaban J connectivity index is 1.46. The molecule has 4 rings (SSSR count). The molecule has 12 heteroatoms. The molecule has 210 valence electrons. The number of alkyl halides is 6. The molecule has 1 aliphatic heterocycles. The van der Waals surface area contributed by atoms with E-state index >= 15 is 0 Å². The molecule has 0 bridgehead atoms. The van der Waals surface area contributed by atoms with Crippen molar-refractivity contribution in [2.24, 2.45) is 4.99 Å². The second kappa shape index (κ2) is 12.1. The fraction of sp³-hybridized carbons (Fsp3) is 0.214. The lowest BCUT2D eigenvalue weighted by molar-refractivity contribution is -0.143. The minimum atomic E-state index is -5.01. The molecule has 0 spiro atoms. The van der Waals surface area contributed by atoms with Gasteiger partial charge in [-0.15, -0.1) is 0 Å². The van der Waals surface area contributed by atoms with Gasteiger partial charge in [-0.2, -0.15) is 26.3 Å². The van der Waals surface area contributed by atoms with E-state index in [1.54, 1.807) is 12.1 Å². The predicted molar refractivity (Wildman–Crippen MR) is 140 cm³/mol. The smallest absolute Gasteiger partial charge is 0.416 e. The monoisotopic (exact) mass is 580 g/mol. The molecule has 1 fully saturated rings. The average molecular weight is 581 g/mol. The number of hydrogen-bond donors (Lipinski definition) is 1. The van der Waals surface area contributed by atoms with Crippen LogP contribution in [-0.2, 0) is 30.2 Å². The maximum Gasteiger partial charge on any atom is 0.416 e. The van der Waals surface area contributed by atoms with E-state index in [1.807, 2.05) is 30.3 Å². The van der Waals surface area contributed by atoms with Crippen LogP contribution < -0.4 is 14.8 Å². The van der Waals surface area contributed by atoms with E-state index < -0.39 is 35.6 Å². The second-order valence-electron chi connectivity index (χ2n) is 8.55. The predicted octanol–water partition coefficient (Wildman–Crippen LogP) is 7.11. The van der Waals surface area contributed by atoms with Crippen LogP contribution in [0.5, 0.6) is 11.5 Å². The molecule has 0 aromatic heterocycles. The summed E-state index contributed by atoms with van der Waals surface area (Å²) >= 11 is 1.17. The summed E-state index contributed by atoms with van der Waals surface area (Å²) in [5, 5.41) is 3.18. The van der Waals surface area contributed by atoms with Crippen LogP contribution in [0.25, 0.3) is 6.08 Å². The number of carbonyl (C=O) groups is 1. The number of carbonyl (C=O) groups excluding carboxylic acids is 1. The average Bonchev–Trinajstić information content (AvgIpc) is 3.25. The highest BCUT2D eigenvalue weighted by Crippen LogP contribution is 2.38. The first-order valence-electron chi connectivity index (χ1n) is 11.8. The molecule has 1 aliphatic rings. The number of ether oxygens (including phenoxy) is 2. The van der Waals surface area contributed by atoms with E-state index in [9.17, 15) is 31.1 Å². The summed E-state index contributed by atoms with van der Waals surface area (Å²) in [6.07, 6.45) is -7.61. The van der Waals surface area contributed by atoms with Crippen LogP contribution in [0, 0.1) is 0 Å². The van der Waals surface area contributed by atoms with Crippen LogP contribution in [0.15, 0.2) is 76.6 Å². The number of nitrogens with one attached hydrogen (secondary N) is 1. The molecule has 0 radical (unpaired) electrons. The van der Waals surface area contributed by atoms with Gasteiger partial charge < -0.3 is 14.8 Å². The second-order valence-corrected chi connectivity index (χ2v) is 9.58. The van der Waals surface area contributed by atoms with Gasteiger partial charge in [0.05, 0.1) is 23.1 Å². The van der Waals surface area contributed by atoms with Crippen molar-refractivity contribution in [2.45, 2.75) is 25.4 Å². The van der Waals surface area contributed by atoms with Gasteiger partial charge in [-0.05, 0) is 59.7 Å². The molecule has 3 aromatic rings. The zero-order chi connectivity index (χ0) is 28.9. The Morgan fingerprint density at radius 3 is 2.35 bits per heavy atom. The van der Waals surface area contributed by atoms with Gasteiger partial charge in [-0.3, -0.25) is 9.79 Å². The Morgan fingerprint density at radius 2 is 1.68 bits per heavy atom. The van der Waals surface area contributed by atoms with Crippen LogP contribution in [-0.4, -0.2) is 24.7 Å². The van der Waals surface area contributed by atoms with Gasteiger partial charge in [0, 0.05) is 12.1 Å². The molecule has 5 nitrogen and oxygen atoms in total. The molecular formula is C28H22F6N2O3S. The largest absolute Gasteiger partial charge is 0.493 e.